The Morgan fingerprint density at radius 1 is 1.35 bits per heavy atom. The lowest BCUT2D eigenvalue weighted by molar-refractivity contribution is 0.147. The first-order valence-electron chi connectivity index (χ1n) is 9.19. The maximum atomic E-state index is 13.7. The Hall–Kier alpha value is -1.09. The normalized spacial score (nSPS) is 18.2. The smallest absolute Gasteiger partial charge is 0.191 e. The number of nitrogens with one attached hydrogen (secondary N) is 2. The van der Waals surface area contributed by atoms with Gasteiger partial charge in [0.05, 0.1) is 7.11 Å². The SMILES string of the molecule is CCC1CCCCN1CCNC(=NC)NCc1ccc(OC)c(F)c1.I. The monoisotopic (exact) mass is 478 g/mol. The molecule has 1 heterocycles. The van der Waals surface area contributed by atoms with E-state index in [9.17, 15) is 4.39 Å². The van der Waals surface area contributed by atoms with Crippen molar-refractivity contribution in [2.45, 2.75) is 45.2 Å². The highest BCUT2D eigenvalue weighted by atomic mass is 127. The molecule has 1 aliphatic heterocycles. The number of guanidine groups is 1. The van der Waals surface area contributed by atoms with Crippen molar-refractivity contribution in [1.82, 2.24) is 15.5 Å². The molecule has 2 N–H and O–H groups in total. The van der Waals surface area contributed by atoms with Crippen molar-refractivity contribution < 1.29 is 9.13 Å². The van der Waals surface area contributed by atoms with Crippen LogP contribution in [0.25, 0.3) is 0 Å². The summed E-state index contributed by atoms with van der Waals surface area (Å²) in [5, 5.41) is 6.57. The third-order valence-electron chi connectivity index (χ3n) is 4.81. The van der Waals surface area contributed by atoms with Gasteiger partial charge in [0, 0.05) is 32.7 Å². The van der Waals surface area contributed by atoms with Crippen molar-refractivity contribution in [2.75, 3.05) is 33.8 Å². The minimum absolute atomic E-state index is 0. The van der Waals surface area contributed by atoms with Gasteiger partial charge in [-0.05, 0) is 43.5 Å². The second-order valence-corrected chi connectivity index (χ2v) is 6.42. The summed E-state index contributed by atoms with van der Waals surface area (Å²) in [6.07, 6.45) is 5.18. The van der Waals surface area contributed by atoms with E-state index in [0.717, 1.165) is 24.6 Å². The average Bonchev–Trinajstić information content (AvgIpc) is 2.65. The fraction of sp³-hybridized carbons (Fsp3) is 0.632. The van der Waals surface area contributed by atoms with Gasteiger partial charge in [0.15, 0.2) is 17.5 Å². The molecule has 0 amide bonds. The van der Waals surface area contributed by atoms with E-state index in [-0.39, 0.29) is 35.5 Å². The molecular weight excluding hydrogens is 446 g/mol. The molecule has 5 nitrogen and oxygen atoms in total. The number of hydrogen-bond acceptors (Lipinski definition) is 3. The maximum absolute atomic E-state index is 13.7. The highest BCUT2D eigenvalue weighted by molar-refractivity contribution is 14.0. The topological polar surface area (TPSA) is 48.9 Å². The molecule has 0 aromatic heterocycles. The van der Waals surface area contributed by atoms with Gasteiger partial charge in [-0.15, -0.1) is 24.0 Å². The van der Waals surface area contributed by atoms with E-state index < -0.39 is 0 Å². The summed E-state index contributed by atoms with van der Waals surface area (Å²) >= 11 is 0. The maximum Gasteiger partial charge on any atom is 0.191 e. The van der Waals surface area contributed by atoms with Gasteiger partial charge in [-0.3, -0.25) is 9.89 Å². The molecule has 2 rings (SSSR count). The largest absolute Gasteiger partial charge is 0.494 e. The predicted octanol–water partition coefficient (Wildman–Crippen LogP) is 3.38. The quantitative estimate of drug-likeness (QED) is 0.359. The summed E-state index contributed by atoms with van der Waals surface area (Å²) in [5.74, 6) is 0.653. The van der Waals surface area contributed by atoms with Crippen molar-refractivity contribution in [3.05, 3.63) is 29.6 Å². The molecule has 7 heteroatoms. The second-order valence-electron chi connectivity index (χ2n) is 6.42. The molecule has 148 valence electrons. The molecule has 0 spiro atoms. The van der Waals surface area contributed by atoms with Crippen LogP contribution in [0.3, 0.4) is 0 Å². The molecule has 1 atom stereocenters. The zero-order valence-electron chi connectivity index (χ0n) is 16.1. The fourth-order valence-corrected chi connectivity index (χ4v) is 3.36. The molecule has 1 fully saturated rings. The van der Waals surface area contributed by atoms with Crippen molar-refractivity contribution in [2.24, 2.45) is 4.99 Å². The summed E-state index contributed by atoms with van der Waals surface area (Å²) < 4.78 is 18.7. The van der Waals surface area contributed by atoms with Crippen molar-refractivity contribution in [1.29, 1.82) is 0 Å². The summed E-state index contributed by atoms with van der Waals surface area (Å²) in [4.78, 5) is 6.81. The molecule has 1 unspecified atom stereocenters. The number of piperidine rings is 1. The van der Waals surface area contributed by atoms with Gasteiger partial charge in [-0.2, -0.15) is 0 Å². The van der Waals surface area contributed by atoms with Crippen molar-refractivity contribution in [3.8, 4) is 5.75 Å². The van der Waals surface area contributed by atoms with E-state index in [1.165, 1.54) is 45.4 Å². The van der Waals surface area contributed by atoms with Crippen molar-refractivity contribution in [3.63, 3.8) is 0 Å². The molecule has 0 radical (unpaired) electrons. The zero-order valence-corrected chi connectivity index (χ0v) is 18.4. The minimum Gasteiger partial charge on any atom is -0.494 e. The van der Waals surface area contributed by atoms with Crippen LogP contribution >= 0.6 is 24.0 Å². The van der Waals surface area contributed by atoms with Gasteiger partial charge in [-0.1, -0.05) is 19.4 Å². The van der Waals surface area contributed by atoms with Crippen LogP contribution < -0.4 is 15.4 Å². The van der Waals surface area contributed by atoms with Crippen LogP contribution in [0, 0.1) is 5.82 Å². The van der Waals surface area contributed by atoms with E-state index in [0.29, 0.717) is 12.6 Å². The Bertz CT molecular complexity index is 570. The molecule has 26 heavy (non-hydrogen) atoms. The lowest BCUT2D eigenvalue weighted by atomic mass is 10.0. The number of methoxy groups -OCH3 is 1. The van der Waals surface area contributed by atoms with Crippen molar-refractivity contribution >= 4 is 29.9 Å². The molecular formula is C19H32FIN4O. The van der Waals surface area contributed by atoms with Gasteiger partial charge < -0.3 is 15.4 Å². The number of rotatable bonds is 7. The number of likely N-dealkylation sites (tertiary alicyclic amines) is 1. The van der Waals surface area contributed by atoms with Crippen LogP contribution in [0.15, 0.2) is 23.2 Å². The number of nitrogens with zero attached hydrogens (tertiary/aromatic N) is 2. The van der Waals surface area contributed by atoms with Gasteiger partial charge in [-0.25, -0.2) is 4.39 Å². The average molecular weight is 478 g/mol. The highest BCUT2D eigenvalue weighted by Gasteiger charge is 2.19. The molecule has 1 aliphatic rings. The first-order chi connectivity index (χ1) is 12.2. The highest BCUT2D eigenvalue weighted by Crippen LogP contribution is 2.19. The Kier molecular flexibility index (Phi) is 10.9. The molecule has 0 bridgehead atoms. The third kappa shape index (κ3) is 6.90. The standard InChI is InChI=1S/C19H31FN4O.HI/c1-4-16-7-5-6-11-24(16)12-10-22-19(21-2)23-14-15-8-9-18(25-3)17(20)13-15;/h8-9,13,16H,4-7,10-12,14H2,1-3H3,(H2,21,22,23);1H. The zero-order chi connectivity index (χ0) is 18.1. The Morgan fingerprint density at radius 2 is 2.15 bits per heavy atom. The summed E-state index contributed by atoms with van der Waals surface area (Å²) in [6.45, 7) is 5.85. The van der Waals surface area contributed by atoms with Gasteiger partial charge in [0.25, 0.3) is 0 Å². The molecule has 1 saturated heterocycles. The second kappa shape index (κ2) is 12.3. The molecule has 0 saturated carbocycles. The van der Waals surface area contributed by atoms with Crippen LogP contribution in [-0.2, 0) is 6.54 Å². The summed E-state index contributed by atoms with van der Waals surface area (Å²) in [6, 6.07) is 5.69. The van der Waals surface area contributed by atoms with Crippen LogP contribution in [-0.4, -0.2) is 50.7 Å². The number of hydrogen-bond donors (Lipinski definition) is 2. The van der Waals surface area contributed by atoms with Gasteiger partial charge in [0.1, 0.15) is 0 Å². The third-order valence-corrected chi connectivity index (χ3v) is 4.81. The fourth-order valence-electron chi connectivity index (χ4n) is 3.36. The molecule has 0 aliphatic carbocycles. The lowest BCUT2D eigenvalue weighted by Crippen LogP contribution is -2.45. The summed E-state index contributed by atoms with van der Waals surface area (Å²) in [7, 11) is 3.22. The van der Waals surface area contributed by atoms with E-state index in [2.05, 4.69) is 27.4 Å². The van der Waals surface area contributed by atoms with Gasteiger partial charge >= 0.3 is 0 Å². The molecule has 1 aromatic carbocycles. The first-order valence-corrected chi connectivity index (χ1v) is 9.19. The van der Waals surface area contributed by atoms with Crippen LogP contribution in [0.5, 0.6) is 5.75 Å². The Balaban J connectivity index is 0.00000338. The lowest BCUT2D eigenvalue weighted by Gasteiger charge is -2.35. The van der Waals surface area contributed by atoms with Crippen LogP contribution in [0.4, 0.5) is 4.39 Å². The van der Waals surface area contributed by atoms with Crippen LogP contribution in [0.2, 0.25) is 0 Å². The number of ether oxygens (including phenoxy) is 1. The van der Waals surface area contributed by atoms with Gasteiger partial charge in [0.2, 0.25) is 0 Å². The number of benzene rings is 1. The first kappa shape index (κ1) is 23.0. The summed E-state index contributed by atoms with van der Waals surface area (Å²) in [5.41, 5.74) is 0.850. The number of aliphatic imine (C=N–C) groups is 1. The molecule has 1 aromatic rings. The Labute approximate surface area is 173 Å². The van der Waals surface area contributed by atoms with E-state index in [1.807, 2.05) is 6.07 Å². The van der Waals surface area contributed by atoms with E-state index >= 15 is 0 Å². The number of halogens is 2. The van der Waals surface area contributed by atoms with Crippen LogP contribution in [0.1, 0.15) is 38.2 Å². The van der Waals surface area contributed by atoms with E-state index in [1.54, 1.807) is 13.1 Å². The van der Waals surface area contributed by atoms with E-state index in [4.69, 9.17) is 4.74 Å². The Morgan fingerprint density at radius 3 is 2.81 bits per heavy atom. The predicted molar refractivity (Wildman–Crippen MR) is 116 cm³/mol. The minimum atomic E-state index is -0.347.